The lowest BCUT2D eigenvalue weighted by molar-refractivity contribution is 0.620. The molecule has 0 aliphatic carbocycles. The van der Waals surface area contributed by atoms with Crippen LogP contribution in [-0.4, -0.2) is 6.54 Å². The summed E-state index contributed by atoms with van der Waals surface area (Å²) in [6.45, 7) is 6.61. The normalized spacial score (nSPS) is 12.2. The fourth-order valence-corrected chi connectivity index (χ4v) is 2.31. The van der Waals surface area contributed by atoms with Gasteiger partial charge in [0, 0.05) is 18.3 Å². The highest BCUT2D eigenvalue weighted by Gasteiger charge is 2.13. The summed E-state index contributed by atoms with van der Waals surface area (Å²) in [4.78, 5) is 1.97. The predicted molar refractivity (Wildman–Crippen MR) is 82.9 cm³/mol. The summed E-state index contributed by atoms with van der Waals surface area (Å²) in [7, 11) is 0. The molecule has 2 nitrogen and oxygen atoms in total. The number of nitrogens with two attached hydrogens (primary N) is 1. The zero-order valence-corrected chi connectivity index (χ0v) is 12.2. The van der Waals surface area contributed by atoms with Crippen LogP contribution in [0.25, 0.3) is 0 Å². The van der Waals surface area contributed by atoms with Gasteiger partial charge in [-0.2, -0.15) is 0 Å². The summed E-state index contributed by atoms with van der Waals surface area (Å²) in [5, 5.41) is 0. The highest BCUT2D eigenvalue weighted by atomic mass is 19.1. The fourth-order valence-electron chi connectivity index (χ4n) is 2.31. The van der Waals surface area contributed by atoms with Crippen LogP contribution < -0.4 is 10.6 Å². The molecule has 0 aromatic heterocycles. The van der Waals surface area contributed by atoms with Gasteiger partial charge >= 0.3 is 0 Å². The topological polar surface area (TPSA) is 29.3 Å². The van der Waals surface area contributed by atoms with Crippen LogP contribution in [0, 0.1) is 12.7 Å². The number of anilines is 2. The Morgan fingerprint density at radius 2 is 1.95 bits per heavy atom. The summed E-state index contributed by atoms with van der Waals surface area (Å²) in [6.07, 6.45) is 0. The number of rotatable bonds is 4. The van der Waals surface area contributed by atoms with Crippen LogP contribution in [0.5, 0.6) is 0 Å². The third-order valence-electron chi connectivity index (χ3n) is 3.42. The number of hydrogen-bond donors (Lipinski definition) is 1. The number of nitrogens with zero attached hydrogens (tertiary/aromatic N) is 1. The highest BCUT2D eigenvalue weighted by Crippen LogP contribution is 2.29. The van der Waals surface area contributed by atoms with Crippen LogP contribution in [0.1, 0.15) is 31.0 Å². The van der Waals surface area contributed by atoms with E-state index in [0.29, 0.717) is 12.2 Å². The van der Waals surface area contributed by atoms with Crippen LogP contribution in [0.15, 0.2) is 42.5 Å². The van der Waals surface area contributed by atoms with Gasteiger partial charge in [-0.3, -0.25) is 0 Å². The van der Waals surface area contributed by atoms with Crippen molar-refractivity contribution >= 4 is 11.4 Å². The minimum atomic E-state index is -0.233. The Bertz CT molecular complexity index is 593. The van der Waals surface area contributed by atoms with E-state index >= 15 is 0 Å². The van der Waals surface area contributed by atoms with Gasteiger partial charge in [0.25, 0.3) is 0 Å². The first-order valence-electron chi connectivity index (χ1n) is 6.92. The van der Waals surface area contributed by atoms with Crippen LogP contribution in [-0.2, 0) is 0 Å². The third-order valence-corrected chi connectivity index (χ3v) is 3.42. The van der Waals surface area contributed by atoms with E-state index < -0.39 is 0 Å². The molecule has 0 bridgehead atoms. The van der Waals surface area contributed by atoms with E-state index in [1.165, 1.54) is 6.07 Å². The number of aryl methyl sites for hydroxylation is 1. The SMILES string of the molecule is CCN(c1cccc(C)c1)c1ccc([C@@H](C)N)cc1F. The first-order valence-corrected chi connectivity index (χ1v) is 6.92. The van der Waals surface area contributed by atoms with E-state index in [4.69, 9.17) is 5.73 Å². The summed E-state index contributed by atoms with van der Waals surface area (Å²) in [5.74, 6) is -0.233. The molecule has 0 spiro atoms. The molecule has 2 rings (SSSR count). The van der Waals surface area contributed by atoms with Crippen molar-refractivity contribution in [1.29, 1.82) is 0 Å². The Morgan fingerprint density at radius 3 is 2.50 bits per heavy atom. The van der Waals surface area contributed by atoms with Gasteiger partial charge in [-0.05, 0) is 56.2 Å². The van der Waals surface area contributed by atoms with Gasteiger partial charge in [0.05, 0.1) is 5.69 Å². The molecule has 2 N–H and O–H groups in total. The Balaban J connectivity index is 2.42. The Kier molecular flexibility index (Phi) is 4.40. The molecule has 0 radical (unpaired) electrons. The summed E-state index contributed by atoms with van der Waals surface area (Å²) >= 11 is 0. The van der Waals surface area contributed by atoms with Crippen molar-refractivity contribution < 1.29 is 4.39 Å². The van der Waals surface area contributed by atoms with Crippen LogP contribution in [0.2, 0.25) is 0 Å². The maximum atomic E-state index is 14.3. The molecule has 0 saturated carbocycles. The summed E-state index contributed by atoms with van der Waals surface area (Å²) in [6, 6.07) is 13.1. The summed E-state index contributed by atoms with van der Waals surface area (Å²) in [5.41, 5.74) is 9.35. The molecule has 0 unspecified atom stereocenters. The van der Waals surface area contributed by atoms with Gasteiger partial charge in [0.1, 0.15) is 5.82 Å². The molecule has 0 fully saturated rings. The van der Waals surface area contributed by atoms with Crippen molar-refractivity contribution in [2.75, 3.05) is 11.4 Å². The highest BCUT2D eigenvalue weighted by molar-refractivity contribution is 5.64. The van der Waals surface area contributed by atoms with Crippen molar-refractivity contribution in [2.24, 2.45) is 5.73 Å². The van der Waals surface area contributed by atoms with Crippen LogP contribution in [0.4, 0.5) is 15.8 Å². The molecule has 2 aromatic rings. The van der Waals surface area contributed by atoms with E-state index in [0.717, 1.165) is 16.8 Å². The van der Waals surface area contributed by atoms with Gasteiger partial charge in [0.2, 0.25) is 0 Å². The van der Waals surface area contributed by atoms with Crippen molar-refractivity contribution in [1.82, 2.24) is 0 Å². The minimum absolute atomic E-state index is 0.160. The molecule has 2 aromatic carbocycles. The first kappa shape index (κ1) is 14.5. The molecule has 0 aliphatic rings. The minimum Gasteiger partial charge on any atom is -0.339 e. The Hall–Kier alpha value is -1.87. The molecule has 20 heavy (non-hydrogen) atoms. The smallest absolute Gasteiger partial charge is 0.147 e. The Morgan fingerprint density at radius 1 is 1.20 bits per heavy atom. The van der Waals surface area contributed by atoms with Gasteiger partial charge in [0.15, 0.2) is 0 Å². The summed E-state index contributed by atoms with van der Waals surface area (Å²) < 4.78 is 14.3. The molecule has 0 heterocycles. The Labute approximate surface area is 120 Å². The monoisotopic (exact) mass is 272 g/mol. The lowest BCUT2D eigenvalue weighted by atomic mass is 10.1. The standard InChI is InChI=1S/C17H21FN2/c1-4-20(15-7-5-6-12(2)10-15)17-9-8-14(13(3)19)11-16(17)18/h5-11,13H,4,19H2,1-3H3/t13-/m1/s1. The number of hydrogen-bond acceptors (Lipinski definition) is 2. The van der Waals surface area contributed by atoms with Crippen molar-refractivity contribution in [3.8, 4) is 0 Å². The molecule has 106 valence electrons. The number of halogens is 1. The van der Waals surface area contributed by atoms with Crippen molar-refractivity contribution in [3.05, 3.63) is 59.4 Å². The van der Waals surface area contributed by atoms with Crippen LogP contribution >= 0.6 is 0 Å². The average molecular weight is 272 g/mol. The third kappa shape index (κ3) is 2.99. The molecular formula is C17H21FN2. The van der Waals surface area contributed by atoms with Crippen molar-refractivity contribution in [3.63, 3.8) is 0 Å². The maximum Gasteiger partial charge on any atom is 0.147 e. The zero-order chi connectivity index (χ0) is 14.7. The van der Waals surface area contributed by atoms with Gasteiger partial charge < -0.3 is 10.6 Å². The van der Waals surface area contributed by atoms with E-state index in [-0.39, 0.29) is 11.9 Å². The lowest BCUT2D eigenvalue weighted by Crippen LogP contribution is -2.18. The zero-order valence-electron chi connectivity index (χ0n) is 12.2. The molecule has 0 amide bonds. The largest absolute Gasteiger partial charge is 0.339 e. The molecule has 1 atom stereocenters. The predicted octanol–water partition coefficient (Wildman–Crippen LogP) is 4.31. The average Bonchev–Trinajstić information content (AvgIpc) is 2.41. The molecule has 0 saturated heterocycles. The fraction of sp³-hybridized carbons (Fsp3) is 0.294. The van der Waals surface area contributed by atoms with E-state index in [1.54, 1.807) is 6.07 Å². The second kappa shape index (κ2) is 6.06. The van der Waals surface area contributed by atoms with Crippen LogP contribution in [0.3, 0.4) is 0 Å². The van der Waals surface area contributed by atoms with E-state index in [9.17, 15) is 4.39 Å². The lowest BCUT2D eigenvalue weighted by Gasteiger charge is -2.24. The van der Waals surface area contributed by atoms with E-state index in [2.05, 4.69) is 6.07 Å². The van der Waals surface area contributed by atoms with E-state index in [1.807, 2.05) is 49.9 Å². The second-order valence-electron chi connectivity index (χ2n) is 5.08. The first-order chi connectivity index (χ1) is 9.52. The van der Waals surface area contributed by atoms with Gasteiger partial charge in [-0.1, -0.05) is 18.2 Å². The quantitative estimate of drug-likeness (QED) is 0.898. The molecule has 3 heteroatoms. The van der Waals surface area contributed by atoms with Crippen molar-refractivity contribution in [2.45, 2.75) is 26.8 Å². The van der Waals surface area contributed by atoms with Gasteiger partial charge in [-0.15, -0.1) is 0 Å². The van der Waals surface area contributed by atoms with Gasteiger partial charge in [-0.25, -0.2) is 4.39 Å². The number of benzene rings is 2. The molecular weight excluding hydrogens is 251 g/mol. The maximum absolute atomic E-state index is 14.3. The molecule has 0 aliphatic heterocycles. The second-order valence-corrected chi connectivity index (χ2v) is 5.08.